The molecule has 130 valence electrons. The highest BCUT2D eigenvalue weighted by Crippen LogP contribution is 2.43. The average Bonchev–Trinajstić information content (AvgIpc) is 3.00. The van der Waals surface area contributed by atoms with Crippen molar-refractivity contribution in [1.82, 2.24) is 4.31 Å². The molecule has 1 saturated heterocycles. The molecule has 0 radical (unpaired) electrons. The molecule has 0 N–H and O–H groups in total. The Morgan fingerprint density at radius 2 is 1.88 bits per heavy atom. The van der Waals surface area contributed by atoms with Crippen LogP contribution in [0.5, 0.6) is 5.75 Å². The van der Waals surface area contributed by atoms with E-state index in [1.807, 2.05) is 0 Å². The van der Waals surface area contributed by atoms with Crippen LogP contribution in [0.25, 0.3) is 0 Å². The summed E-state index contributed by atoms with van der Waals surface area (Å²) in [6, 6.07) is 12.8. The fraction of sp³-hybridized carbons (Fsp3) is 0.235. The zero-order chi connectivity index (χ0) is 17.6. The Balaban J connectivity index is 1.64. The molecule has 2 heterocycles. The third-order valence-electron chi connectivity index (χ3n) is 4.27. The van der Waals surface area contributed by atoms with Gasteiger partial charge in [-0.1, -0.05) is 41.9 Å². The third kappa shape index (κ3) is 2.83. The largest absolute Gasteiger partial charge is 0.388 e. The van der Waals surface area contributed by atoms with E-state index in [4.69, 9.17) is 20.5 Å². The summed E-state index contributed by atoms with van der Waals surface area (Å²) in [6.07, 6.45) is -0.815. The van der Waals surface area contributed by atoms with Crippen molar-refractivity contribution < 1.29 is 22.1 Å². The number of hydrogen-bond donors (Lipinski definition) is 0. The summed E-state index contributed by atoms with van der Waals surface area (Å²) >= 11 is 6.06. The van der Waals surface area contributed by atoms with Crippen LogP contribution in [0.2, 0.25) is 5.02 Å². The Kier molecular flexibility index (Phi) is 4.04. The van der Waals surface area contributed by atoms with Gasteiger partial charge in [0.1, 0.15) is 0 Å². The van der Waals surface area contributed by atoms with Gasteiger partial charge in [-0.2, -0.15) is 8.42 Å². The number of carbonyl (C=O) groups is 1. The van der Waals surface area contributed by atoms with Gasteiger partial charge >= 0.3 is 10.3 Å². The van der Waals surface area contributed by atoms with Crippen LogP contribution in [-0.2, 0) is 15.0 Å². The van der Waals surface area contributed by atoms with Gasteiger partial charge in [-0.15, -0.1) is 4.31 Å². The first kappa shape index (κ1) is 16.5. The summed E-state index contributed by atoms with van der Waals surface area (Å²) < 4.78 is 37.0. The minimum atomic E-state index is -4.04. The van der Waals surface area contributed by atoms with Gasteiger partial charge in [0.15, 0.2) is 17.8 Å². The van der Waals surface area contributed by atoms with Crippen LogP contribution in [0.3, 0.4) is 0 Å². The van der Waals surface area contributed by atoms with E-state index in [9.17, 15) is 13.2 Å². The molecule has 0 saturated carbocycles. The first-order valence-corrected chi connectivity index (χ1v) is 9.43. The number of ether oxygens (including phenoxy) is 1. The minimum absolute atomic E-state index is 0.0367. The van der Waals surface area contributed by atoms with Crippen LogP contribution in [0.1, 0.15) is 28.6 Å². The average molecular weight is 380 g/mol. The summed E-state index contributed by atoms with van der Waals surface area (Å²) in [5, 5.41) is 0.339. The van der Waals surface area contributed by atoms with E-state index in [0.29, 0.717) is 16.1 Å². The second-order valence-corrected chi connectivity index (χ2v) is 7.71. The molecule has 25 heavy (non-hydrogen) atoms. The summed E-state index contributed by atoms with van der Waals surface area (Å²) in [6.45, 7) is 0.109. The van der Waals surface area contributed by atoms with Gasteiger partial charge in [-0.05, 0) is 18.2 Å². The second kappa shape index (κ2) is 6.10. The Morgan fingerprint density at radius 1 is 1.16 bits per heavy atom. The fourth-order valence-electron chi connectivity index (χ4n) is 3.14. The predicted molar refractivity (Wildman–Crippen MR) is 90.7 cm³/mol. The van der Waals surface area contributed by atoms with Crippen molar-refractivity contribution >= 4 is 27.7 Å². The van der Waals surface area contributed by atoms with Crippen LogP contribution in [-0.4, -0.2) is 31.2 Å². The summed E-state index contributed by atoms with van der Waals surface area (Å²) in [5.41, 5.74) is 0.994. The quantitative estimate of drug-likeness (QED) is 0.766. The van der Waals surface area contributed by atoms with Gasteiger partial charge in [-0.25, -0.2) is 0 Å². The molecule has 4 rings (SSSR count). The maximum Gasteiger partial charge on any atom is 0.388 e. The molecule has 2 aromatic carbocycles. The molecule has 2 aromatic rings. The number of rotatable bonds is 3. The molecule has 0 unspecified atom stereocenters. The standard InChI is InChI=1S/C17H14ClNO5S/c18-14-7-3-1-5-12(14)15(20)9-11-10-23-17-13-6-2-4-8-16(13)24-25(21,22)19(11)17/h1-8,11,17H,9-10H2/t11-,17+/m1/s1. The number of Topliss-reactive ketones (excluding diaryl/α,β-unsaturated/α-hetero) is 1. The maximum atomic E-state index is 12.6. The Labute approximate surface area is 150 Å². The van der Waals surface area contributed by atoms with Crippen molar-refractivity contribution in [3.05, 3.63) is 64.7 Å². The smallest absolute Gasteiger partial charge is 0.370 e. The fourth-order valence-corrected chi connectivity index (χ4v) is 4.76. The zero-order valence-corrected chi connectivity index (χ0v) is 14.5. The number of benzene rings is 2. The van der Waals surface area contributed by atoms with Crippen LogP contribution >= 0.6 is 11.6 Å². The molecule has 2 aliphatic heterocycles. The topological polar surface area (TPSA) is 72.9 Å². The number of carbonyl (C=O) groups excluding carboxylic acids is 1. The molecule has 8 heteroatoms. The highest BCUT2D eigenvalue weighted by atomic mass is 35.5. The highest BCUT2D eigenvalue weighted by molar-refractivity contribution is 7.84. The van der Waals surface area contributed by atoms with E-state index < -0.39 is 22.6 Å². The van der Waals surface area contributed by atoms with Crippen LogP contribution in [0.4, 0.5) is 0 Å². The summed E-state index contributed by atoms with van der Waals surface area (Å²) in [4.78, 5) is 12.6. The Bertz CT molecular complexity index is 946. The molecule has 2 aliphatic rings. The van der Waals surface area contributed by atoms with Gasteiger partial charge in [0.05, 0.1) is 17.7 Å². The van der Waals surface area contributed by atoms with E-state index in [1.54, 1.807) is 48.5 Å². The predicted octanol–water partition coefficient (Wildman–Crippen LogP) is 2.95. The van der Waals surface area contributed by atoms with E-state index in [2.05, 4.69) is 0 Å². The second-order valence-electron chi connectivity index (χ2n) is 5.86. The lowest BCUT2D eigenvalue weighted by Crippen LogP contribution is -2.44. The van der Waals surface area contributed by atoms with Crippen molar-refractivity contribution in [3.8, 4) is 5.75 Å². The van der Waals surface area contributed by atoms with Crippen LogP contribution in [0, 0.1) is 0 Å². The van der Waals surface area contributed by atoms with Crippen molar-refractivity contribution in [2.45, 2.75) is 18.7 Å². The first-order chi connectivity index (χ1) is 12.0. The molecular formula is C17H14ClNO5S. The number of halogens is 1. The van der Waals surface area contributed by atoms with Crippen molar-refractivity contribution in [3.63, 3.8) is 0 Å². The first-order valence-electron chi connectivity index (χ1n) is 7.68. The highest BCUT2D eigenvalue weighted by Gasteiger charge is 2.49. The van der Waals surface area contributed by atoms with Crippen molar-refractivity contribution in [2.75, 3.05) is 6.61 Å². The van der Waals surface area contributed by atoms with E-state index >= 15 is 0 Å². The van der Waals surface area contributed by atoms with Gasteiger partial charge in [0, 0.05) is 17.5 Å². The van der Waals surface area contributed by atoms with Gasteiger partial charge in [0.25, 0.3) is 0 Å². The Morgan fingerprint density at radius 3 is 2.68 bits per heavy atom. The van der Waals surface area contributed by atoms with Crippen molar-refractivity contribution in [1.29, 1.82) is 0 Å². The van der Waals surface area contributed by atoms with Gasteiger partial charge in [0.2, 0.25) is 0 Å². The van der Waals surface area contributed by atoms with E-state index in [1.165, 1.54) is 0 Å². The van der Waals surface area contributed by atoms with Gasteiger partial charge in [-0.3, -0.25) is 4.79 Å². The molecule has 0 bridgehead atoms. The van der Waals surface area contributed by atoms with Gasteiger partial charge < -0.3 is 8.92 Å². The van der Waals surface area contributed by atoms with Crippen LogP contribution < -0.4 is 4.18 Å². The lowest BCUT2D eigenvalue weighted by molar-refractivity contribution is 0.0573. The molecule has 0 amide bonds. The number of hydrogen-bond acceptors (Lipinski definition) is 5. The molecule has 0 aromatic heterocycles. The molecule has 0 spiro atoms. The SMILES string of the molecule is O=C(C[C@@H]1CO[C@H]2c3ccccc3OS(=O)(=O)N12)c1ccccc1Cl. The van der Waals surface area contributed by atoms with Crippen molar-refractivity contribution in [2.24, 2.45) is 0 Å². The molecular weight excluding hydrogens is 366 g/mol. The zero-order valence-electron chi connectivity index (χ0n) is 13.0. The lowest BCUT2D eigenvalue weighted by atomic mass is 10.0. The maximum absolute atomic E-state index is 12.6. The van der Waals surface area contributed by atoms with E-state index in [0.717, 1.165) is 4.31 Å². The summed E-state index contributed by atoms with van der Waals surface area (Å²) in [7, 11) is -4.04. The normalized spacial score (nSPS) is 24.2. The molecule has 0 aliphatic carbocycles. The summed E-state index contributed by atoms with van der Waals surface area (Å²) in [5.74, 6) is 0.00994. The minimum Gasteiger partial charge on any atom is -0.370 e. The molecule has 2 atom stereocenters. The number of fused-ring (bicyclic) bond motifs is 3. The number of para-hydroxylation sites is 1. The number of ketones is 1. The lowest BCUT2D eigenvalue weighted by Gasteiger charge is -2.31. The number of nitrogens with zero attached hydrogens (tertiary/aromatic N) is 1. The third-order valence-corrected chi connectivity index (χ3v) is 6.00. The Hall–Kier alpha value is -1.93. The monoisotopic (exact) mass is 379 g/mol. The molecule has 1 fully saturated rings. The van der Waals surface area contributed by atoms with E-state index in [-0.39, 0.29) is 24.6 Å². The van der Waals surface area contributed by atoms with Crippen LogP contribution in [0.15, 0.2) is 48.5 Å². The molecule has 6 nitrogen and oxygen atoms in total.